The normalized spacial score (nSPS) is 26.1. The Bertz CT molecular complexity index is 1130. The van der Waals surface area contributed by atoms with E-state index in [1.165, 1.54) is 10.9 Å². The van der Waals surface area contributed by atoms with Gasteiger partial charge in [-0.15, -0.1) is 11.6 Å². The predicted octanol–water partition coefficient (Wildman–Crippen LogP) is 1.30. The highest BCUT2D eigenvalue weighted by Gasteiger charge is 2.42. The summed E-state index contributed by atoms with van der Waals surface area (Å²) >= 11 is 12.2. The molecule has 174 valence electrons. The molecule has 1 aliphatic rings. The Labute approximate surface area is 182 Å². The van der Waals surface area contributed by atoms with Gasteiger partial charge in [-0.05, 0) is 6.42 Å². The maximum atomic E-state index is 11.8. The smallest absolute Gasteiger partial charge is 0.368 e. The van der Waals surface area contributed by atoms with Gasteiger partial charge in [-0.3, -0.25) is 9.09 Å². The van der Waals surface area contributed by atoms with Crippen LogP contribution in [0.5, 0.6) is 0 Å². The first kappa shape index (κ1) is 24.9. The number of phosphoric acid groups is 3. The van der Waals surface area contributed by atoms with E-state index >= 15 is 0 Å². The van der Waals surface area contributed by atoms with Crippen LogP contribution in [0, 0.1) is 0 Å². The molecule has 16 nitrogen and oxygen atoms in total. The van der Waals surface area contributed by atoms with Crippen molar-refractivity contribution in [2.24, 2.45) is 0 Å². The fourth-order valence-electron chi connectivity index (χ4n) is 2.62. The average molecular weight is 544 g/mol. The first-order chi connectivity index (χ1) is 14.2. The van der Waals surface area contributed by atoms with Gasteiger partial charge in [0.1, 0.15) is 5.52 Å². The van der Waals surface area contributed by atoms with Crippen LogP contribution in [0.1, 0.15) is 12.6 Å². The van der Waals surface area contributed by atoms with E-state index in [1.54, 1.807) is 0 Å². The minimum atomic E-state index is -5.62. The van der Waals surface area contributed by atoms with Crippen molar-refractivity contribution in [3.8, 4) is 0 Å². The summed E-state index contributed by atoms with van der Waals surface area (Å²) < 4.78 is 52.7. The van der Waals surface area contributed by atoms with Gasteiger partial charge in [-0.2, -0.15) is 18.6 Å². The van der Waals surface area contributed by atoms with Gasteiger partial charge in [0, 0.05) is 0 Å². The number of halogens is 2. The number of nitrogens with zero attached hydrogens (tertiary/aromatic N) is 4. The third kappa shape index (κ3) is 6.42. The first-order valence-corrected chi connectivity index (χ1v) is 13.2. The van der Waals surface area contributed by atoms with Crippen molar-refractivity contribution in [2.45, 2.75) is 24.1 Å². The Balaban J connectivity index is 1.66. The minimum absolute atomic E-state index is 0.00887. The van der Waals surface area contributed by atoms with E-state index in [1.807, 2.05) is 0 Å². The van der Waals surface area contributed by atoms with Crippen LogP contribution in [0.4, 0.5) is 5.95 Å². The van der Waals surface area contributed by atoms with E-state index in [2.05, 4.69) is 28.1 Å². The highest BCUT2D eigenvalue weighted by Crippen LogP contribution is 2.66. The van der Waals surface area contributed by atoms with Crippen LogP contribution in [0.2, 0.25) is 5.15 Å². The summed E-state index contributed by atoms with van der Waals surface area (Å²) in [7, 11) is -16.4. The number of nitrogen functional groups attached to an aromatic ring is 1. The Morgan fingerprint density at radius 1 is 1.19 bits per heavy atom. The zero-order chi connectivity index (χ0) is 23.2. The van der Waals surface area contributed by atoms with Crippen molar-refractivity contribution in [1.82, 2.24) is 19.5 Å². The van der Waals surface area contributed by atoms with Crippen molar-refractivity contribution in [1.29, 1.82) is 0 Å². The molecule has 1 fully saturated rings. The molecule has 3 rings (SSSR count). The van der Waals surface area contributed by atoms with E-state index < -0.39 is 47.8 Å². The third-order valence-corrected chi connectivity index (χ3v) is 8.10. The molecule has 21 heteroatoms. The van der Waals surface area contributed by atoms with E-state index in [0.29, 0.717) is 0 Å². The highest BCUT2D eigenvalue weighted by atomic mass is 35.5. The number of alkyl halides is 1. The number of ether oxygens (including phenoxy) is 1. The van der Waals surface area contributed by atoms with Crippen molar-refractivity contribution >= 4 is 63.8 Å². The molecule has 2 aromatic rings. The van der Waals surface area contributed by atoms with Crippen LogP contribution >= 0.6 is 46.7 Å². The molecule has 0 radical (unpaired) electrons. The Morgan fingerprint density at radius 2 is 1.87 bits per heavy atom. The number of hydrogen-bond donors (Lipinski definition) is 5. The van der Waals surface area contributed by atoms with Crippen LogP contribution in [0.3, 0.4) is 0 Å². The molecule has 0 aliphatic carbocycles. The van der Waals surface area contributed by atoms with Gasteiger partial charge < -0.3 is 30.0 Å². The summed E-state index contributed by atoms with van der Waals surface area (Å²) in [6.45, 7) is -0.645. The second-order valence-corrected chi connectivity index (χ2v) is 11.3. The van der Waals surface area contributed by atoms with Gasteiger partial charge in [0.05, 0.1) is 24.4 Å². The summed E-state index contributed by atoms with van der Waals surface area (Å²) in [4.78, 5) is 47.5. The lowest BCUT2D eigenvalue weighted by Gasteiger charge is -2.19. The van der Waals surface area contributed by atoms with Crippen LogP contribution in [0.15, 0.2) is 6.33 Å². The van der Waals surface area contributed by atoms with Gasteiger partial charge in [0.2, 0.25) is 5.95 Å². The van der Waals surface area contributed by atoms with E-state index in [0.717, 1.165) is 0 Å². The number of anilines is 1. The van der Waals surface area contributed by atoms with Crippen LogP contribution in [-0.4, -0.2) is 57.2 Å². The lowest BCUT2D eigenvalue weighted by atomic mass is 10.2. The lowest BCUT2D eigenvalue weighted by molar-refractivity contribution is -0.0197. The number of phosphoric ester groups is 1. The molecule has 2 aromatic heterocycles. The molecule has 1 saturated heterocycles. The maximum Gasteiger partial charge on any atom is 0.490 e. The summed E-state index contributed by atoms with van der Waals surface area (Å²) in [5.41, 5.74) is 6.04. The quantitative estimate of drug-likeness (QED) is 0.179. The summed E-state index contributed by atoms with van der Waals surface area (Å²) in [5, 5.41) is -0.684. The molecule has 6 N–H and O–H groups in total. The molecule has 0 spiro atoms. The van der Waals surface area contributed by atoms with Gasteiger partial charge in [0.25, 0.3) is 0 Å². The molecule has 0 saturated carbocycles. The fraction of sp³-hybridized carbons (Fsp3) is 0.500. The van der Waals surface area contributed by atoms with E-state index in [4.69, 9.17) is 48.4 Å². The van der Waals surface area contributed by atoms with Crippen LogP contribution in [-0.2, 0) is 31.6 Å². The average Bonchev–Trinajstić information content (AvgIpc) is 3.12. The molecular weight excluding hydrogens is 530 g/mol. The standard InChI is InChI=1S/C10H14Cl2N5O11P3/c11-5-1-4(2-25-30(21,22)28-31(23,24)27-29(18,19)20)26-9(5)17-3-14-6-7(12)15-10(13)16-8(6)17/h3-5,9H,1-2H2,(H,21,22)(H,23,24)(H2,13,15,16)(H2,18,19,20). The SMILES string of the molecule is Nc1nc(Cl)c2ncn(C3OC(COP(=O)(O)OP(=O)(O)OP(=O)(O)O)CC3Cl)c2n1. The number of hydrogen-bond acceptors (Lipinski definition) is 11. The zero-order valence-electron chi connectivity index (χ0n) is 14.8. The molecule has 31 heavy (non-hydrogen) atoms. The predicted molar refractivity (Wildman–Crippen MR) is 103 cm³/mol. The molecule has 0 amide bonds. The highest BCUT2D eigenvalue weighted by molar-refractivity contribution is 7.66. The van der Waals surface area contributed by atoms with Crippen LogP contribution < -0.4 is 5.73 Å². The number of imidazole rings is 1. The Hall–Kier alpha value is -0.700. The van der Waals surface area contributed by atoms with Crippen LogP contribution in [0.25, 0.3) is 11.2 Å². The fourth-order valence-corrected chi connectivity index (χ4v) is 6.27. The molecule has 3 heterocycles. The summed E-state index contributed by atoms with van der Waals surface area (Å²) in [6, 6.07) is 0. The second kappa shape index (κ2) is 8.92. The largest absolute Gasteiger partial charge is 0.490 e. The van der Waals surface area contributed by atoms with E-state index in [-0.39, 0.29) is 28.7 Å². The molecule has 5 atom stereocenters. The molecule has 1 aliphatic heterocycles. The number of aromatic nitrogens is 4. The van der Waals surface area contributed by atoms with E-state index in [9.17, 15) is 18.6 Å². The Kier molecular flexibility index (Phi) is 7.17. The third-order valence-electron chi connectivity index (χ3n) is 3.64. The van der Waals surface area contributed by atoms with Crippen molar-refractivity contribution in [2.75, 3.05) is 12.3 Å². The number of nitrogens with two attached hydrogens (primary N) is 1. The first-order valence-electron chi connectivity index (χ1n) is 7.89. The van der Waals surface area contributed by atoms with Gasteiger partial charge >= 0.3 is 23.5 Å². The second-order valence-electron chi connectivity index (χ2n) is 5.98. The molecule has 0 aromatic carbocycles. The number of rotatable bonds is 8. The molecule has 0 bridgehead atoms. The maximum absolute atomic E-state index is 11.8. The number of fused-ring (bicyclic) bond motifs is 1. The minimum Gasteiger partial charge on any atom is -0.368 e. The van der Waals surface area contributed by atoms with Gasteiger partial charge in [-0.25, -0.2) is 18.7 Å². The summed E-state index contributed by atoms with van der Waals surface area (Å²) in [5.74, 6) is -0.118. The van der Waals surface area contributed by atoms with Crippen molar-refractivity contribution in [3.05, 3.63) is 11.5 Å². The summed E-state index contributed by atoms with van der Waals surface area (Å²) in [6.07, 6.45) is -0.346. The molecular formula is C10H14Cl2N5O11P3. The lowest BCUT2D eigenvalue weighted by Crippen LogP contribution is -2.17. The topological polar surface area (TPSA) is 239 Å². The van der Waals surface area contributed by atoms with Crippen molar-refractivity contribution in [3.63, 3.8) is 0 Å². The van der Waals surface area contributed by atoms with Gasteiger partial charge in [0.15, 0.2) is 17.0 Å². The van der Waals surface area contributed by atoms with Crippen molar-refractivity contribution < 1.29 is 51.2 Å². The van der Waals surface area contributed by atoms with Gasteiger partial charge in [-0.1, -0.05) is 11.6 Å². The zero-order valence-corrected chi connectivity index (χ0v) is 19.0. The monoisotopic (exact) mass is 543 g/mol. The molecule has 5 unspecified atom stereocenters. The Morgan fingerprint density at radius 3 is 2.52 bits per heavy atom.